The molecule has 1 fully saturated rings. The third kappa shape index (κ3) is 5.56. The number of nitrogens with zero attached hydrogens (tertiary/aromatic N) is 1. The van der Waals surface area contributed by atoms with Crippen molar-refractivity contribution < 1.29 is 14.3 Å². The van der Waals surface area contributed by atoms with Crippen LogP contribution in [0.1, 0.15) is 16.7 Å². The number of hydrogen-bond donors (Lipinski definition) is 0. The minimum absolute atomic E-state index is 0.0916. The Kier molecular flexibility index (Phi) is 7.26. The van der Waals surface area contributed by atoms with Crippen molar-refractivity contribution >= 4 is 68.1 Å². The highest BCUT2D eigenvalue weighted by molar-refractivity contribution is 9.10. The number of amides is 2. The summed E-state index contributed by atoms with van der Waals surface area (Å²) in [5.74, 6) is 0.320. The van der Waals surface area contributed by atoms with E-state index in [-0.39, 0.29) is 17.7 Å². The number of imide groups is 1. The van der Waals surface area contributed by atoms with Gasteiger partial charge in [0.05, 0.1) is 11.4 Å². The van der Waals surface area contributed by atoms with Crippen LogP contribution in [0.4, 0.5) is 4.79 Å². The number of carbonyl (C=O) groups is 2. The first-order chi connectivity index (χ1) is 15.4. The van der Waals surface area contributed by atoms with Gasteiger partial charge in [0.15, 0.2) is 0 Å². The molecular formula is C24H16BrCl2NO3S. The second kappa shape index (κ2) is 10.1. The van der Waals surface area contributed by atoms with Gasteiger partial charge in [-0.15, -0.1) is 0 Å². The topological polar surface area (TPSA) is 46.6 Å². The molecule has 0 aromatic heterocycles. The molecular weight excluding hydrogens is 533 g/mol. The van der Waals surface area contributed by atoms with Gasteiger partial charge in [0, 0.05) is 14.5 Å². The lowest BCUT2D eigenvalue weighted by molar-refractivity contribution is -0.123. The third-order valence-corrected chi connectivity index (χ3v) is 6.71. The van der Waals surface area contributed by atoms with E-state index < -0.39 is 0 Å². The van der Waals surface area contributed by atoms with Crippen LogP contribution in [-0.2, 0) is 17.9 Å². The maximum Gasteiger partial charge on any atom is 0.293 e. The monoisotopic (exact) mass is 547 g/mol. The van der Waals surface area contributed by atoms with E-state index in [0.717, 1.165) is 27.4 Å². The molecule has 4 rings (SSSR count). The average molecular weight is 549 g/mol. The molecule has 4 nitrogen and oxygen atoms in total. The van der Waals surface area contributed by atoms with Gasteiger partial charge in [0.25, 0.3) is 11.1 Å². The van der Waals surface area contributed by atoms with Crippen molar-refractivity contribution in [2.24, 2.45) is 0 Å². The molecule has 32 heavy (non-hydrogen) atoms. The summed E-state index contributed by atoms with van der Waals surface area (Å²) in [5.41, 5.74) is 2.47. The Bertz CT molecular complexity index is 1210. The molecule has 1 saturated heterocycles. The number of rotatable bonds is 6. The van der Waals surface area contributed by atoms with E-state index in [4.69, 9.17) is 27.9 Å². The average Bonchev–Trinajstić information content (AvgIpc) is 3.02. The fraction of sp³-hybridized carbons (Fsp3) is 0.0833. The first kappa shape index (κ1) is 22.9. The summed E-state index contributed by atoms with van der Waals surface area (Å²) in [6.07, 6.45) is 1.70. The van der Waals surface area contributed by atoms with E-state index in [2.05, 4.69) is 15.9 Å². The predicted molar refractivity (Wildman–Crippen MR) is 133 cm³/mol. The molecule has 3 aromatic carbocycles. The van der Waals surface area contributed by atoms with E-state index >= 15 is 0 Å². The largest absolute Gasteiger partial charge is 0.489 e. The highest BCUT2D eigenvalue weighted by Gasteiger charge is 2.35. The summed E-state index contributed by atoms with van der Waals surface area (Å²) in [6.45, 7) is 0.517. The van der Waals surface area contributed by atoms with Crippen LogP contribution in [-0.4, -0.2) is 16.0 Å². The number of carbonyl (C=O) groups excluding carboxylic acids is 2. The van der Waals surface area contributed by atoms with Gasteiger partial charge in [-0.05, 0) is 70.9 Å². The second-order valence-electron chi connectivity index (χ2n) is 6.99. The lowest BCUT2D eigenvalue weighted by Crippen LogP contribution is -2.27. The van der Waals surface area contributed by atoms with Crippen LogP contribution in [0.25, 0.3) is 6.08 Å². The Morgan fingerprint density at radius 3 is 2.53 bits per heavy atom. The van der Waals surface area contributed by atoms with Gasteiger partial charge in [-0.3, -0.25) is 14.5 Å². The fourth-order valence-electron chi connectivity index (χ4n) is 3.05. The molecule has 162 valence electrons. The summed E-state index contributed by atoms with van der Waals surface area (Å²) in [4.78, 5) is 26.8. The summed E-state index contributed by atoms with van der Waals surface area (Å²) in [5, 5.41) is 0.570. The second-order valence-corrected chi connectivity index (χ2v) is 9.74. The summed E-state index contributed by atoms with van der Waals surface area (Å²) >= 11 is 16.4. The van der Waals surface area contributed by atoms with Gasteiger partial charge in [-0.1, -0.05) is 69.5 Å². The third-order valence-electron chi connectivity index (χ3n) is 4.69. The van der Waals surface area contributed by atoms with Gasteiger partial charge in [-0.2, -0.15) is 0 Å². The van der Waals surface area contributed by atoms with Crippen molar-refractivity contribution in [3.63, 3.8) is 0 Å². The van der Waals surface area contributed by atoms with Crippen LogP contribution in [0.15, 0.2) is 76.1 Å². The van der Waals surface area contributed by atoms with Crippen LogP contribution in [0.5, 0.6) is 5.75 Å². The molecule has 0 aliphatic carbocycles. The molecule has 1 aliphatic rings. The standard InChI is InChI=1S/C24H16BrCl2NO3S/c25-18-7-4-15(5-8-18)14-31-20-3-1-2-16(10-20)11-22-23(29)28(24(30)32-22)13-17-6-9-19(26)12-21(17)27/h1-12H,13-14H2/b22-11-. The number of benzene rings is 3. The Hall–Kier alpha value is -2.25. The number of thioether (sulfide) groups is 1. The Balaban J connectivity index is 1.46. The maximum atomic E-state index is 12.8. The lowest BCUT2D eigenvalue weighted by Gasteiger charge is -2.13. The predicted octanol–water partition coefficient (Wildman–Crippen LogP) is 7.57. The summed E-state index contributed by atoms with van der Waals surface area (Å²) in [7, 11) is 0. The molecule has 0 bridgehead atoms. The highest BCUT2D eigenvalue weighted by Crippen LogP contribution is 2.35. The molecule has 3 aromatic rings. The molecule has 0 unspecified atom stereocenters. The normalized spacial score (nSPS) is 15.0. The first-order valence-corrected chi connectivity index (χ1v) is 11.9. The van der Waals surface area contributed by atoms with Gasteiger partial charge in [0.1, 0.15) is 12.4 Å². The van der Waals surface area contributed by atoms with Crippen molar-refractivity contribution in [1.29, 1.82) is 0 Å². The minimum Gasteiger partial charge on any atom is -0.489 e. The molecule has 1 heterocycles. The zero-order valence-electron chi connectivity index (χ0n) is 16.6. The van der Waals surface area contributed by atoms with E-state index in [9.17, 15) is 9.59 Å². The molecule has 2 amide bonds. The lowest BCUT2D eigenvalue weighted by atomic mass is 10.2. The number of ether oxygens (including phenoxy) is 1. The zero-order valence-corrected chi connectivity index (χ0v) is 20.5. The Morgan fingerprint density at radius 1 is 1.00 bits per heavy atom. The number of halogens is 3. The number of hydrogen-bond acceptors (Lipinski definition) is 4. The molecule has 0 spiro atoms. The quantitative estimate of drug-likeness (QED) is 0.298. The van der Waals surface area contributed by atoms with Gasteiger partial charge in [0.2, 0.25) is 0 Å². The van der Waals surface area contributed by atoms with Crippen LogP contribution in [0.3, 0.4) is 0 Å². The van der Waals surface area contributed by atoms with Crippen LogP contribution in [0, 0.1) is 0 Å². The molecule has 0 N–H and O–H groups in total. The van der Waals surface area contributed by atoms with Gasteiger partial charge >= 0.3 is 0 Å². The van der Waals surface area contributed by atoms with Crippen molar-refractivity contribution in [2.45, 2.75) is 13.2 Å². The maximum absolute atomic E-state index is 12.8. The fourth-order valence-corrected chi connectivity index (χ4v) is 4.62. The van der Waals surface area contributed by atoms with E-state index in [1.165, 1.54) is 4.90 Å². The molecule has 8 heteroatoms. The van der Waals surface area contributed by atoms with Crippen LogP contribution < -0.4 is 4.74 Å². The minimum atomic E-state index is -0.354. The molecule has 0 atom stereocenters. The van der Waals surface area contributed by atoms with E-state index in [1.54, 1.807) is 24.3 Å². The van der Waals surface area contributed by atoms with Gasteiger partial charge < -0.3 is 4.74 Å². The first-order valence-electron chi connectivity index (χ1n) is 9.55. The van der Waals surface area contributed by atoms with Crippen molar-refractivity contribution in [3.8, 4) is 5.75 Å². The summed E-state index contributed by atoms with van der Waals surface area (Å²) < 4.78 is 6.88. The highest BCUT2D eigenvalue weighted by atomic mass is 79.9. The zero-order chi connectivity index (χ0) is 22.7. The van der Waals surface area contributed by atoms with E-state index in [0.29, 0.717) is 32.9 Å². The smallest absolute Gasteiger partial charge is 0.293 e. The van der Waals surface area contributed by atoms with Crippen LogP contribution in [0.2, 0.25) is 10.0 Å². The molecule has 0 radical (unpaired) electrons. The van der Waals surface area contributed by atoms with Crippen molar-refractivity contribution in [1.82, 2.24) is 4.90 Å². The van der Waals surface area contributed by atoms with Crippen molar-refractivity contribution in [3.05, 3.63) is 103 Å². The molecule has 1 aliphatic heterocycles. The Labute approximate surface area is 208 Å². The van der Waals surface area contributed by atoms with Crippen molar-refractivity contribution in [2.75, 3.05) is 0 Å². The van der Waals surface area contributed by atoms with E-state index in [1.807, 2.05) is 48.5 Å². The summed E-state index contributed by atoms with van der Waals surface area (Å²) in [6, 6.07) is 20.3. The molecule has 0 saturated carbocycles. The SMILES string of the molecule is O=C1S/C(=C\c2cccc(OCc3ccc(Br)cc3)c2)C(=O)N1Cc1ccc(Cl)cc1Cl. The van der Waals surface area contributed by atoms with Crippen LogP contribution >= 0.6 is 50.9 Å². The Morgan fingerprint density at radius 2 is 1.78 bits per heavy atom. The van der Waals surface area contributed by atoms with Gasteiger partial charge in [-0.25, -0.2) is 0 Å².